The first kappa shape index (κ1) is 22.5. The number of aromatic nitrogens is 1. The molecule has 0 fully saturated rings. The van der Waals surface area contributed by atoms with Gasteiger partial charge in [0.15, 0.2) is 11.5 Å². The number of nitrogens with one attached hydrogen (secondary N) is 1. The van der Waals surface area contributed by atoms with E-state index in [1.165, 1.54) is 11.8 Å². The van der Waals surface area contributed by atoms with Crippen LogP contribution in [-0.2, 0) is 25.6 Å². The molecule has 8 heteroatoms. The Kier molecular flexibility index (Phi) is 6.56. The maximum absolute atomic E-state index is 12.8. The Bertz CT molecular complexity index is 1250. The Hall–Kier alpha value is -4.16. The van der Waals surface area contributed by atoms with Gasteiger partial charge in [0.25, 0.3) is 5.91 Å². The lowest BCUT2D eigenvalue weighted by molar-refractivity contribution is -0.191. The number of fused-ring (bicyclic) bond motifs is 1. The average molecular weight is 434 g/mol. The van der Waals surface area contributed by atoms with Gasteiger partial charge in [0, 0.05) is 29.2 Å². The fraction of sp³-hybridized carbons (Fsp3) is 0.208. The molecule has 0 aliphatic carbocycles. The van der Waals surface area contributed by atoms with Crippen LogP contribution in [0.3, 0.4) is 0 Å². The van der Waals surface area contributed by atoms with Gasteiger partial charge in [-0.25, -0.2) is 0 Å². The Balaban J connectivity index is 0.000000913. The van der Waals surface area contributed by atoms with Crippen LogP contribution in [0.15, 0.2) is 60.0 Å². The van der Waals surface area contributed by atoms with Crippen LogP contribution in [0.5, 0.6) is 5.75 Å². The van der Waals surface area contributed by atoms with E-state index in [-0.39, 0.29) is 17.5 Å². The van der Waals surface area contributed by atoms with Crippen molar-refractivity contribution in [1.29, 1.82) is 0 Å². The van der Waals surface area contributed by atoms with Crippen molar-refractivity contribution in [3.63, 3.8) is 0 Å². The molecule has 1 aliphatic heterocycles. The molecule has 1 unspecified atom stereocenters. The quantitative estimate of drug-likeness (QED) is 0.566. The summed E-state index contributed by atoms with van der Waals surface area (Å²) in [6.45, 7) is 3.46. The smallest absolute Gasteiger partial charge is 0.373 e. The third kappa shape index (κ3) is 4.17. The average Bonchev–Trinajstić information content (AvgIpc) is 3.26. The highest BCUT2D eigenvalue weighted by Gasteiger charge is 2.43. The summed E-state index contributed by atoms with van der Waals surface area (Å²) in [5.41, 5.74) is 3.35. The third-order valence-electron chi connectivity index (χ3n) is 5.46. The maximum atomic E-state index is 12.8. The van der Waals surface area contributed by atoms with Crippen molar-refractivity contribution in [2.24, 2.45) is 0 Å². The highest BCUT2D eigenvalue weighted by molar-refractivity contribution is 6.08. The number of aryl methyl sites for hydroxylation is 1. The number of phenols is 1. The summed E-state index contributed by atoms with van der Waals surface area (Å²) in [5, 5.41) is 21.9. The molecule has 4 rings (SSSR count). The standard InChI is InChI=1S/C23H22N2O4.CO2/c1-13-7-8-17(19(27)11-13)21-20(14(2)26)22(28)23(29)25(21)10-9-15-12-24-18-6-4-3-5-16(15)18;2-1-3/h3-8,11-12,21,24,27-28H,9-10H2,1-2H3;. The first-order valence-electron chi connectivity index (χ1n) is 9.89. The molecule has 0 bridgehead atoms. The third-order valence-corrected chi connectivity index (χ3v) is 5.46. The molecule has 0 spiro atoms. The van der Waals surface area contributed by atoms with Crippen LogP contribution in [0.2, 0.25) is 0 Å². The number of Topliss-reactive ketones (excluding diaryl/α,β-unsaturated/α-hetero) is 1. The largest absolute Gasteiger partial charge is 0.508 e. The Morgan fingerprint density at radius 3 is 2.50 bits per heavy atom. The molecule has 1 aliphatic rings. The molecule has 3 N–H and O–H groups in total. The topological polar surface area (TPSA) is 128 Å². The number of aromatic hydroxyl groups is 1. The molecule has 1 aromatic heterocycles. The number of benzene rings is 2. The number of aliphatic hydroxyl groups excluding tert-OH is 1. The van der Waals surface area contributed by atoms with Gasteiger partial charge >= 0.3 is 6.15 Å². The molecule has 2 aromatic carbocycles. The van der Waals surface area contributed by atoms with Gasteiger partial charge in [-0.05, 0) is 43.5 Å². The van der Waals surface area contributed by atoms with Crippen LogP contribution >= 0.6 is 0 Å². The van der Waals surface area contributed by atoms with Crippen LogP contribution < -0.4 is 0 Å². The molecule has 2 heterocycles. The predicted molar refractivity (Wildman–Crippen MR) is 115 cm³/mol. The number of carbonyl (C=O) groups is 2. The van der Waals surface area contributed by atoms with Gasteiger partial charge in [-0.2, -0.15) is 9.59 Å². The molecular formula is C24H22N2O6. The van der Waals surface area contributed by atoms with E-state index in [4.69, 9.17) is 9.59 Å². The second-order valence-electron chi connectivity index (χ2n) is 7.47. The molecular weight excluding hydrogens is 412 g/mol. The van der Waals surface area contributed by atoms with Crippen molar-refractivity contribution in [2.75, 3.05) is 6.54 Å². The highest BCUT2D eigenvalue weighted by atomic mass is 16.3. The monoisotopic (exact) mass is 434 g/mol. The molecule has 0 radical (unpaired) electrons. The van der Waals surface area contributed by atoms with E-state index in [0.29, 0.717) is 18.5 Å². The summed E-state index contributed by atoms with van der Waals surface area (Å²) < 4.78 is 0. The molecule has 1 amide bonds. The second kappa shape index (κ2) is 9.32. The van der Waals surface area contributed by atoms with Gasteiger partial charge in [0.05, 0.1) is 11.6 Å². The number of nitrogens with zero attached hydrogens (tertiary/aromatic N) is 1. The number of ketones is 1. The van der Waals surface area contributed by atoms with Crippen LogP contribution in [0.4, 0.5) is 0 Å². The molecule has 0 saturated heterocycles. The number of phenolic OH excluding ortho intramolecular Hbond substituents is 1. The lowest BCUT2D eigenvalue weighted by Crippen LogP contribution is -2.33. The summed E-state index contributed by atoms with van der Waals surface area (Å²) in [6.07, 6.45) is 2.69. The zero-order valence-electron chi connectivity index (χ0n) is 17.6. The predicted octanol–water partition coefficient (Wildman–Crippen LogP) is 3.13. The van der Waals surface area contributed by atoms with Crippen LogP contribution in [-0.4, -0.2) is 44.5 Å². The summed E-state index contributed by atoms with van der Waals surface area (Å²) >= 11 is 0. The fourth-order valence-corrected chi connectivity index (χ4v) is 4.03. The molecule has 1 atom stereocenters. The first-order chi connectivity index (χ1) is 15.3. The molecule has 3 aromatic rings. The van der Waals surface area contributed by atoms with Crippen LogP contribution in [0.1, 0.15) is 29.7 Å². The lowest BCUT2D eigenvalue weighted by atomic mass is 9.95. The minimum absolute atomic E-state index is 0.00616. The van der Waals surface area contributed by atoms with Gasteiger partial charge in [-0.3, -0.25) is 9.59 Å². The van der Waals surface area contributed by atoms with E-state index < -0.39 is 23.5 Å². The van der Waals surface area contributed by atoms with Crippen molar-refractivity contribution in [3.05, 3.63) is 76.7 Å². The molecule has 8 nitrogen and oxygen atoms in total. The number of rotatable bonds is 5. The van der Waals surface area contributed by atoms with E-state index in [1.807, 2.05) is 43.5 Å². The minimum atomic E-state index is -0.814. The minimum Gasteiger partial charge on any atom is -0.508 e. The maximum Gasteiger partial charge on any atom is 0.373 e. The number of carbonyl (C=O) groups excluding carboxylic acids is 4. The van der Waals surface area contributed by atoms with E-state index in [2.05, 4.69) is 4.98 Å². The van der Waals surface area contributed by atoms with Gasteiger partial charge in [-0.1, -0.05) is 30.3 Å². The highest BCUT2D eigenvalue weighted by Crippen LogP contribution is 2.41. The molecule has 0 saturated carbocycles. The summed E-state index contributed by atoms with van der Waals surface area (Å²) in [4.78, 5) is 45.9. The SMILES string of the molecule is CC(=O)C1=C(O)C(=O)N(CCc2c[nH]c3ccccc23)C1c1ccc(C)cc1O.O=C=O. The Morgan fingerprint density at radius 2 is 1.84 bits per heavy atom. The van der Waals surface area contributed by atoms with E-state index in [9.17, 15) is 19.8 Å². The first-order valence-corrected chi connectivity index (χ1v) is 9.89. The number of amides is 1. The van der Waals surface area contributed by atoms with Crippen LogP contribution in [0.25, 0.3) is 10.9 Å². The van der Waals surface area contributed by atoms with Crippen molar-refractivity contribution < 1.29 is 29.4 Å². The normalized spacial score (nSPS) is 15.5. The second-order valence-corrected chi connectivity index (χ2v) is 7.47. The number of para-hydroxylation sites is 1. The number of hydrogen-bond acceptors (Lipinski definition) is 6. The molecule has 32 heavy (non-hydrogen) atoms. The lowest BCUT2D eigenvalue weighted by Gasteiger charge is -2.27. The van der Waals surface area contributed by atoms with Crippen molar-refractivity contribution >= 4 is 28.7 Å². The number of aliphatic hydroxyl groups is 1. The number of hydrogen-bond donors (Lipinski definition) is 3. The van der Waals surface area contributed by atoms with E-state index in [1.54, 1.807) is 12.1 Å². The van der Waals surface area contributed by atoms with E-state index >= 15 is 0 Å². The zero-order chi connectivity index (χ0) is 23.4. The van der Waals surface area contributed by atoms with Gasteiger partial charge in [-0.15, -0.1) is 0 Å². The van der Waals surface area contributed by atoms with Gasteiger partial charge in [0.2, 0.25) is 0 Å². The molecule has 164 valence electrons. The Morgan fingerprint density at radius 1 is 1.16 bits per heavy atom. The van der Waals surface area contributed by atoms with Crippen molar-refractivity contribution in [1.82, 2.24) is 9.88 Å². The zero-order valence-corrected chi connectivity index (χ0v) is 17.6. The van der Waals surface area contributed by atoms with Gasteiger partial charge in [0.1, 0.15) is 5.75 Å². The van der Waals surface area contributed by atoms with E-state index in [0.717, 1.165) is 22.0 Å². The summed E-state index contributed by atoms with van der Waals surface area (Å²) in [6, 6.07) is 12.2. The summed E-state index contributed by atoms with van der Waals surface area (Å²) in [5.74, 6) is -1.54. The Labute approximate surface area is 183 Å². The fourth-order valence-electron chi connectivity index (χ4n) is 4.03. The number of H-pyrrole nitrogens is 1. The van der Waals surface area contributed by atoms with Crippen molar-refractivity contribution in [2.45, 2.75) is 26.3 Å². The number of aromatic amines is 1. The summed E-state index contributed by atoms with van der Waals surface area (Å²) in [7, 11) is 0. The van der Waals surface area contributed by atoms with Gasteiger partial charge < -0.3 is 20.1 Å². The van der Waals surface area contributed by atoms with Crippen LogP contribution in [0, 0.1) is 6.92 Å². The van der Waals surface area contributed by atoms with Crippen molar-refractivity contribution in [3.8, 4) is 5.75 Å².